The van der Waals surface area contributed by atoms with Crippen molar-refractivity contribution in [3.05, 3.63) is 0 Å². The molecule has 0 spiro atoms. The fourth-order valence-electron chi connectivity index (χ4n) is 2.68. The van der Waals surface area contributed by atoms with Gasteiger partial charge in [0.15, 0.2) is 0 Å². The summed E-state index contributed by atoms with van der Waals surface area (Å²) in [7, 11) is -13.3. The third kappa shape index (κ3) is 17.7. The van der Waals surface area contributed by atoms with Gasteiger partial charge in [-0.1, -0.05) is 0 Å². The largest absolute Gasteiger partial charge is 0.414 e. The quantitative estimate of drug-likeness (QED) is 0.341. The molecule has 0 aliphatic carbocycles. The Hall–Kier alpha value is 2.12. The third-order valence-electron chi connectivity index (χ3n) is 3.45. The van der Waals surface area contributed by atoms with Crippen molar-refractivity contribution in [1.29, 1.82) is 0 Å². The van der Waals surface area contributed by atoms with Crippen molar-refractivity contribution in [2.75, 3.05) is 0 Å². The molecule has 3 aliphatic rings. The second kappa shape index (κ2) is 19.3. The van der Waals surface area contributed by atoms with Gasteiger partial charge in [-0.25, -0.2) is 0 Å². The second-order valence-electron chi connectivity index (χ2n) is 7.12. The zero-order chi connectivity index (χ0) is 27.4. The smallest absolute Gasteiger partial charge is 0.362 e. The molecule has 3 rings (SSSR count). The van der Waals surface area contributed by atoms with Crippen LogP contribution in [-0.4, -0.2) is 111 Å². The minimum Gasteiger partial charge on any atom is -0.414 e. The van der Waals surface area contributed by atoms with Gasteiger partial charge in [0.1, 0.15) is 0 Å². The van der Waals surface area contributed by atoms with Crippen LogP contribution in [0.15, 0.2) is 0 Å². The van der Waals surface area contributed by atoms with E-state index in [2.05, 4.69) is 0 Å². The minimum atomic E-state index is -1.22. The highest BCUT2D eigenvalue weighted by atomic mass is 28.5. The summed E-state index contributed by atoms with van der Waals surface area (Å²) < 4.78 is 66.6. The van der Waals surface area contributed by atoms with E-state index >= 15 is 0 Å². The van der Waals surface area contributed by atoms with Crippen molar-refractivity contribution in [3.8, 4) is 0 Å². The maximum atomic E-state index is 5.66. The Morgan fingerprint density at radius 2 is 0.222 bits per heavy atom. The maximum Gasteiger partial charge on any atom is 0.362 e. The van der Waals surface area contributed by atoms with E-state index in [1.54, 1.807) is 0 Å². The molecule has 24 heteroatoms. The molecule has 0 N–H and O–H groups in total. The Bertz CT molecular complexity index is 472. The fraction of sp³-hybridized carbons (Fsp3) is 1.00. The average molecular weight is 709 g/mol. The SMILES string of the molecule is C[Si]1O[Si](C)O[Si](C)O1.C[Si]1O[Si](C)O[Si](C)O[Si](C)O1.C[Si]1O[Si](C)O[Si](C)O[Si](C)O[Si](C)O1. The Balaban J connectivity index is 0.000000279. The molecule has 0 amide bonds. The van der Waals surface area contributed by atoms with Crippen molar-refractivity contribution >= 4 is 111 Å². The van der Waals surface area contributed by atoms with Gasteiger partial charge in [0, 0.05) is 0 Å². The lowest BCUT2D eigenvalue weighted by atomic mass is 11.9. The molecule has 3 heterocycles. The highest BCUT2D eigenvalue weighted by molar-refractivity contribution is 6.74. The number of hydrogen-bond donors (Lipinski definition) is 0. The maximum absolute atomic E-state index is 5.66. The van der Waals surface area contributed by atoms with Gasteiger partial charge in [0.25, 0.3) is 0 Å². The standard InChI is InChI=1S/C5H15O5Si5.C4H12O4Si4.C3H9O3Si3/c1-11-6-12(2)8-14(4)10-15(5)9-13(3)7-11;1-9-5-10(2)7-12(4)8-11(3)6-9;1-7-4-8(2)6-9(3)5-7/h1-5H3;1-4H3;1-3H3. The van der Waals surface area contributed by atoms with Crippen molar-refractivity contribution < 1.29 is 49.4 Å². The van der Waals surface area contributed by atoms with Crippen LogP contribution in [0.3, 0.4) is 0 Å². The molecular weight excluding hydrogens is 673 g/mol. The van der Waals surface area contributed by atoms with Crippen LogP contribution in [-0.2, 0) is 49.4 Å². The lowest BCUT2D eigenvalue weighted by molar-refractivity contribution is 0.293. The van der Waals surface area contributed by atoms with Crippen LogP contribution in [0.25, 0.3) is 0 Å². The summed E-state index contributed by atoms with van der Waals surface area (Å²) in [4.78, 5) is 0. The van der Waals surface area contributed by atoms with E-state index in [1.807, 2.05) is 78.6 Å². The zero-order valence-electron chi connectivity index (χ0n) is 22.9. The van der Waals surface area contributed by atoms with Gasteiger partial charge in [-0.3, -0.25) is 0 Å². The van der Waals surface area contributed by atoms with Gasteiger partial charge in [0.2, 0.25) is 0 Å². The summed E-state index contributed by atoms with van der Waals surface area (Å²) in [6.07, 6.45) is 0. The van der Waals surface area contributed by atoms with Crippen LogP contribution in [0, 0.1) is 0 Å². The Kier molecular flexibility index (Phi) is 19.4. The first-order valence-corrected chi connectivity index (χ1v) is 32.7. The molecule has 0 aromatic rings. The lowest BCUT2D eigenvalue weighted by Crippen LogP contribution is -2.44. The Morgan fingerprint density at radius 3 is 0.278 bits per heavy atom. The highest BCUT2D eigenvalue weighted by Gasteiger charge is 2.31. The first-order valence-electron chi connectivity index (χ1n) is 10.9. The second-order valence-corrected chi connectivity index (χ2v) is 28.7. The van der Waals surface area contributed by atoms with Crippen molar-refractivity contribution in [2.45, 2.75) is 78.6 Å². The van der Waals surface area contributed by atoms with Gasteiger partial charge in [0.05, 0.1) is 0 Å². The molecule has 0 aromatic heterocycles. The van der Waals surface area contributed by atoms with Crippen LogP contribution in [0.4, 0.5) is 0 Å². The summed E-state index contributed by atoms with van der Waals surface area (Å²) in [6.45, 7) is 23.8. The molecule has 0 bridgehead atoms. The molecule has 204 valence electrons. The summed E-state index contributed by atoms with van der Waals surface area (Å²) in [5.74, 6) is 0. The first kappa shape index (κ1) is 36.1. The molecule has 0 saturated carbocycles. The zero-order valence-corrected chi connectivity index (χ0v) is 34.9. The normalized spacial score (nSPS) is 27.0. The van der Waals surface area contributed by atoms with Gasteiger partial charge in [-0.2, -0.15) is 0 Å². The van der Waals surface area contributed by atoms with Crippen LogP contribution in [0.1, 0.15) is 0 Å². The predicted molar refractivity (Wildman–Crippen MR) is 152 cm³/mol. The van der Waals surface area contributed by atoms with E-state index < -0.39 is 111 Å². The highest BCUT2D eigenvalue weighted by Crippen LogP contribution is 2.08. The number of hydrogen-bond acceptors (Lipinski definition) is 12. The fourth-order valence-corrected chi connectivity index (χ4v) is 28.6. The lowest BCUT2D eigenvalue weighted by Gasteiger charge is -2.26. The minimum absolute atomic E-state index is 0.925. The van der Waals surface area contributed by atoms with Crippen molar-refractivity contribution in [3.63, 3.8) is 0 Å². The number of rotatable bonds is 0. The van der Waals surface area contributed by atoms with E-state index in [4.69, 9.17) is 49.4 Å². The van der Waals surface area contributed by atoms with Crippen LogP contribution >= 0.6 is 0 Å². The van der Waals surface area contributed by atoms with Gasteiger partial charge in [-0.05, 0) is 78.6 Å². The monoisotopic (exact) mass is 708 g/mol. The molecule has 3 fully saturated rings. The van der Waals surface area contributed by atoms with Gasteiger partial charge >= 0.3 is 111 Å². The van der Waals surface area contributed by atoms with Gasteiger partial charge in [-0.15, -0.1) is 0 Å². The molecule has 0 aromatic carbocycles. The van der Waals surface area contributed by atoms with Crippen LogP contribution in [0.5, 0.6) is 0 Å². The predicted octanol–water partition coefficient (Wildman–Crippen LogP) is 1.62. The molecular formula is C12H36O12Si12. The first-order chi connectivity index (χ1) is 16.7. The summed E-state index contributed by atoms with van der Waals surface area (Å²) in [5.41, 5.74) is 0. The topological polar surface area (TPSA) is 111 Å². The van der Waals surface area contributed by atoms with E-state index in [0.717, 1.165) is 0 Å². The molecule has 36 heavy (non-hydrogen) atoms. The molecule has 0 atom stereocenters. The summed E-state index contributed by atoms with van der Waals surface area (Å²) >= 11 is 0. The average Bonchev–Trinajstić information content (AvgIpc) is 2.64. The summed E-state index contributed by atoms with van der Waals surface area (Å²) in [5, 5.41) is 0. The molecule has 3 aliphatic heterocycles. The molecule has 12 radical (unpaired) electrons. The van der Waals surface area contributed by atoms with Gasteiger partial charge < -0.3 is 49.4 Å². The van der Waals surface area contributed by atoms with E-state index in [-0.39, 0.29) is 0 Å². The third-order valence-corrected chi connectivity index (χ3v) is 31.0. The van der Waals surface area contributed by atoms with E-state index in [0.29, 0.717) is 0 Å². The molecule has 3 saturated heterocycles. The van der Waals surface area contributed by atoms with Crippen molar-refractivity contribution in [2.24, 2.45) is 0 Å². The Labute approximate surface area is 238 Å². The summed E-state index contributed by atoms with van der Waals surface area (Å²) in [6, 6.07) is 0. The van der Waals surface area contributed by atoms with E-state index in [9.17, 15) is 0 Å². The van der Waals surface area contributed by atoms with Crippen molar-refractivity contribution in [1.82, 2.24) is 0 Å². The van der Waals surface area contributed by atoms with Crippen LogP contribution < -0.4 is 0 Å². The molecule has 12 nitrogen and oxygen atoms in total. The van der Waals surface area contributed by atoms with E-state index in [1.165, 1.54) is 0 Å². The Morgan fingerprint density at radius 1 is 0.167 bits per heavy atom. The van der Waals surface area contributed by atoms with Crippen LogP contribution in [0.2, 0.25) is 78.6 Å². The molecule has 0 unspecified atom stereocenters.